The second kappa shape index (κ2) is 7.38. The van der Waals surface area contributed by atoms with Gasteiger partial charge >= 0.3 is 0 Å². The van der Waals surface area contributed by atoms with Crippen LogP contribution in [0.3, 0.4) is 0 Å². The van der Waals surface area contributed by atoms with Crippen molar-refractivity contribution < 1.29 is 4.79 Å². The Balaban J connectivity index is 0.00000289. The fourth-order valence-electron chi connectivity index (χ4n) is 1.35. The van der Waals surface area contributed by atoms with Crippen molar-refractivity contribution in [2.45, 2.75) is 33.2 Å². The van der Waals surface area contributed by atoms with Gasteiger partial charge in [0.1, 0.15) is 0 Å². The number of nitrogens with one attached hydrogen (secondary N) is 2. The lowest BCUT2D eigenvalue weighted by Gasteiger charge is -2.18. The maximum Gasteiger partial charge on any atom is 0.254 e. The molecule has 104 valence electrons. The monoisotopic (exact) mass is 274 g/mol. The molecule has 5 nitrogen and oxygen atoms in total. The minimum Gasteiger partial charge on any atom is -0.351 e. The van der Waals surface area contributed by atoms with Gasteiger partial charge in [0.25, 0.3) is 5.91 Å². The predicted octanol–water partition coefficient (Wildman–Crippen LogP) is 1.40. The lowest BCUT2D eigenvalue weighted by atomic mass is 10.1. The van der Waals surface area contributed by atoms with Crippen molar-refractivity contribution in [2.75, 3.05) is 19.6 Å². The summed E-state index contributed by atoms with van der Waals surface area (Å²) in [4.78, 5) is 11.8. The van der Waals surface area contributed by atoms with Crippen molar-refractivity contribution in [3.05, 3.63) is 18.0 Å². The van der Waals surface area contributed by atoms with Crippen LogP contribution >= 0.6 is 12.4 Å². The molecule has 1 amide bonds. The van der Waals surface area contributed by atoms with E-state index in [-0.39, 0.29) is 23.9 Å². The fraction of sp³-hybridized carbons (Fsp3) is 0.667. The van der Waals surface area contributed by atoms with Crippen molar-refractivity contribution in [3.63, 3.8) is 0 Å². The molecule has 0 bridgehead atoms. The highest BCUT2D eigenvalue weighted by molar-refractivity contribution is 5.93. The van der Waals surface area contributed by atoms with E-state index in [4.69, 9.17) is 0 Å². The van der Waals surface area contributed by atoms with Crippen LogP contribution in [0.1, 0.15) is 38.1 Å². The van der Waals surface area contributed by atoms with Crippen LogP contribution in [0.25, 0.3) is 0 Å². The van der Waals surface area contributed by atoms with Crippen LogP contribution in [-0.4, -0.2) is 35.3 Å². The van der Waals surface area contributed by atoms with E-state index in [9.17, 15) is 4.79 Å². The van der Waals surface area contributed by atoms with Gasteiger partial charge < -0.3 is 10.6 Å². The summed E-state index contributed by atoms with van der Waals surface area (Å²) in [7, 11) is 0. The molecule has 0 spiro atoms. The van der Waals surface area contributed by atoms with E-state index in [1.807, 2.05) is 27.7 Å². The number of carbonyl (C=O) groups is 1. The number of rotatable bonds is 5. The number of hydrogen-bond acceptors (Lipinski definition) is 3. The van der Waals surface area contributed by atoms with Crippen molar-refractivity contribution in [1.29, 1.82) is 0 Å². The van der Waals surface area contributed by atoms with Gasteiger partial charge in [0.05, 0.1) is 17.3 Å². The molecular formula is C12H23ClN4O. The molecule has 0 saturated heterocycles. The van der Waals surface area contributed by atoms with Crippen LogP contribution < -0.4 is 10.6 Å². The van der Waals surface area contributed by atoms with E-state index in [2.05, 4.69) is 15.7 Å². The zero-order valence-electron chi connectivity index (χ0n) is 11.5. The molecule has 0 atom stereocenters. The lowest BCUT2D eigenvalue weighted by Crippen LogP contribution is -2.31. The molecule has 0 aliphatic heterocycles. The summed E-state index contributed by atoms with van der Waals surface area (Å²) in [5, 5.41) is 10.2. The number of amides is 1. The number of aromatic nitrogens is 2. The molecule has 18 heavy (non-hydrogen) atoms. The van der Waals surface area contributed by atoms with E-state index in [0.29, 0.717) is 12.1 Å². The Kier molecular flexibility index (Phi) is 6.94. The lowest BCUT2D eigenvalue weighted by molar-refractivity contribution is 0.0954. The molecule has 0 fully saturated rings. The molecule has 0 unspecified atom stereocenters. The van der Waals surface area contributed by atoms with Gasteiger partial charge in [0.2, 0.25) is 0 Å². The van der Waals surface area contributed by atoms with E-state index >= 15 is 0 Å². The summed E-state index contributed by atoms with van der Waals surface area (Å²) in [6.07, 6.45) is 3.39. The van der Waals surface area contributed by atoms with Gasteiger partial charge in [-0.25, -0.2) is 0 Å². The van der Waals surface area contributed by atoms with Gasteiger partial charge in [-0.3, -0.25) is 9.48 Å². The molecular weight excluding hydrogens is 252 g/mol. The van der Waals surface area contributed by atoms with Crippen molar-refractivity contribution in [3.8, 4) is 0 Å². The molecule has 0 aromatic carbocycles. The predicted molar refractivity (Wildman–Crippen MR) is 75.3 cm³/mol. The molecule has 1 heterocycles. The highest BCUT2D eigenvalue weighted by Gasteiger charge is 2.16. The minimum absolute atomic E-state index is 0. The third-order valence-electron chi connectivity index (χ3n) is 2.37. The number of likely N-dealkylation sites (N-methyl/N-ethyl adjacent to an activating group) is 1. The Bertz CT molecular complexity index is 370. The number of hydrogen-bond donors (Lipinski definition) is 2. The average Bonchev–Trinajstić information content (AvgIpc) is 2.72. The Morgan fingerprint density at radius 2 is 2.06 bits per heavy atom. The van der Waals surface area contributed by atoms with Gasteiger partial charge in [0, 0.05) is 19.3 Å². The maximum atomic E-state index is 11.8. The summed E-state index contributed by atoms with van der Waals surface area (Å²) in [6.45, 7) is 10.5. The first-order valence-corrected chi connectivity index (χ1v) is 5.99. The van der Waals surface area contributed by atoms with Gasteiger partial charge in [-0.2, -0.15) is 5.10 Å². The number of halogens is 1. The maximum absolute atomic E-state index is 11.8. The summed E-state index contributed by atoms with van der Waals surface area (Å²) in [5.41, 5.74) is 0.513. The SMILES string of the molecule is CCNCCNC(=O)c1cnn(C(C)(C)C)c1.Cl. The normalized spacial score (nSPS) is 10.9. The van der Waals surface area contributed by atoms with Crippen LogP contribution in [0.15, 0.2) is 12.4 Å². The quantitative estimate of drug-likeness (QED) is 0.798. The van der Waals surface area contributed by atoms with E-state index in [0.717, 1.165) is 13.1 Å². The molecule has 0 saturated carbocycles. The molecule has 6 heteroatoms. The molecule has 0 aliphatic rings. The van der Waals surface area contributed by atoms with Crippen LogP contribution in [0.4, 0.5) is 0 Å². The highest BCUT2D eigenvalue weighted by atomic mass is 35.5. The summed E-state index contributed by atoms with van der Waals surface area (Å²) in [5.74, 6) is -0.0709. The zero-order chi connectivity index (χ0) is 12.9. The minimum atomic E-state index is -0.0949. The molecule has 0 radical (unpaired) electrons. The van der Waals surface area contributed by atoms with Crippen molar-refractivity contribution in [2.24, 2.45) is 0 Å². The molecule has 1 aromatic heterocycles. The zero-order valence-corrected chi connectivity index (χ0v) is 12.3. The summed E-state index contributed by atoms with van der Waals surface area (Å²) >= 11 is 0. The summed E-state index contributed by atoms with van der Waals surface area (Å²) < 4.78 is 1.80. The van der Waals surface area contributed by atoms with Gasteiger partial charge in [-0.05, 0) is 27.3 Å². The van der Waals surface area contributed by atoms with E-state index in [1.54, 1.807) is 17.1 Å². The smallest absolute Gasteiger partial charge is 0.254 e. The first-order valence-electron chi connectivity index (χ1n) is 5.99. The van der Waals surface area contributed by atoms with Gasteiger partial charge in [-0.1, -0.05) is 6.92 Å². The second-order valence-electron chi connectivity index (χ2n) is 4.95. The first kappa shape index (κ1) is 16.9. The standard InChI is InChI=1S/C12H22N4O.ClH/c1-5-13-6-7-14-11(17)10-8-15-16(9-10)12(2,3)4;/h8-9,13H,5-7H2,1-4H3,(H,14,17);1H. The molecule has 1 aromatic rings. The Morgan fingerprint density at radius 1 is 1.39 bits per heavy atom. The molecule has 2 N–H and O–H groups in total. The van der Waals surface area contributed by atoms with Gasteiger partial charge in [-0.15, -0.1) is 12.4 Å². The Morgan fingerprint density at radius 3 is 2.56 bits per heavy atom. The number of carbonyl (C=O) groups excluding carboxylic acids is 1. The van der Waals surface area contributed by atoms with Gasteiger partial charge in [0.15, 0.2) is 0 Å². The largest absolute Gasteiger partial charge is 0.351 e. The highest BCUT2D eigenvalue weighted by Crippen LogP contribution is 2.12. The Hall–Kier alpha value is -1.07. The van der Waals surface area contributed by atoms with E-state index in [1.165, 1.54) is 0 Å². The van der Waals surface area contributed by atoms with Crippen LogP contribution in [-0.2, 0) is 5.54 Å². The van der Waals surface area contributed by atoms with E-state index < -0.39 is 0 Å². The second-order valence-corrected chi connectivity index (χ2v) is 4.95. The molecule has 0 aliphatic carbocycles. The van der Waals surface area contributed by atoms with Crippen molar-refractivity contribution in [1.82, 2.24) is 20.4 Å². The third kappa shape index (κ3) is 5.06. The Labute approximate surface area is 115 Å². The molecule has 1 rings (SSSR count). The van der Waals surface area contributed by atoms with Crippen molar-refractivity contribution >= 4 is 18.3 Å². The topological polar surface area (TPSA) is 58.9 Å². The first-order chi connectivity index (χ1) is 7.95. The van der Waals surface area contributed by atoms with Crippen LogP contribution in [0.5, 0.6) is 0 Å². The van der Waals surface area contributed by atoms with Crippen LogP contribution in [0.2, 0.25) is 0 Å². The van der Waals surface area contributed by atoms with Crippen LogP contribution in [0, 0.1) is 0 Å². The summed E-state index contributed by atoms with van der Waals surface area (Å²) in [6, 6.07) is 0. The fourth-order valence-corrected chi connectivity index (χ4v) is 1.35. The third-order valence-corrected chi connectivity index (χ3v) is 2.37. The number of nitrogens with zero attached hydrogens (tertiary/aromatic N) is 2. The average molecular weight is 275 g/mol.